The minimum Gasteiger partial charge on any atom is -0.352 e. The molecule has 0 saturated carbocycles. The zero-order valence-electron chi connectivity index (χ0n) is 16.8. The normalized spacial score (nSPS) is 18.4. The molecular formula is C25H26N4. The molecule has 29 heavy (non-hydrogen) atoms. The Balaban J connectivity index is 1.36. The van der Waals surface area contributed by atoms with E-state index in [0.717, 1.165) is 49.6 Å². The zero-order chi connectivity index (χ0) is 19.6. The third kappa shape index (κ3) is 3.81. The fourth-order valence-corrected chi connectivity index (χ4v) is 4.37. The van der Waals surface area contributed by atoms with Crippen LogP contribution in [0.5, 0.6) is 0 Å². The van der Waals surface area contributed by atoms with Gasteiger partial charge in [0.25, 0.3) is 0 Å². The number of nitrogens with one attached hydrogen (secondary N) is 1. The summed E-state index contributed by atoms with van der Waals surface area (Å²) < 4.78 is 0. The topological polar surface area (TPSA) is 41.1 Å². The van der Waals surface area contributed by atoms with Crippen LogP contribution in [0.15, 0.2) is 67.0 Å². The van der Waals surface area contributed by atoms with Crippen molar-refractivity contribution >= 4 is 11.4 Å². The molecule has 2 aliphatic rings. The molecule has 1 aliphatic heterocycles. The summed E-state index contributed by atoms with van der Waals surface area (Å²) in [6.45, 7) is 5.05. The number of hydrogen-bond donors (Lipinski definition) is 1. The van der Waals surface area contributed by atoms with Gasteiger partial charge in [0.15, 0.2) is 0 Å². The molecule has 0 bridgehead atoms. The Hall–Kier alpha value is -2.98. The first-order chi connectivity index (χ1) is 14.3. The molecule has 5 rings (SSSR count). The van der Waals surface area contributed by atoms with Crippen LogP contribution in [0.4, 0.5) is 5.82 Å². The van der Waals surface area contributed by atoms with Crippen LogP contribution in [0.2, 0.25) is 0 Å². The van der Waals surface area contributed by atoms with E-state index in [0.29, 0.717) is 6.04 Å². The highest BCUT2D eigenvalue weighted by atomic mass is 15.2. The van der Waals surface area contributed by atoms with Gasteiger partial charge < -0.3 is 10.2 Å². The van der Waals surface area contributed by atoms with Gasteiger partial charge in [-0.05, 0) is 48.1 Å². The maximum Gasteiger partial charge on any atom is 0.147 e. The van der Waals surface area contributed by atoms with Crippen LogP contribution >= 0.6 is 0 Å². The van der Waals surface area contributed by atoms with Crippen molar-refractivity contribution in [3.8, 4) is 11.3 Å². The Morgan fingerprint density at radius 2 is 2.00 bits per heavy atom. The van der Waals surface area contributed by atoms with Crippen LogP contribution in [0, 0.1) is 0 Å². The van der Waals surface area contributed by atoms with Gasteiger partial charge in [-0.1, -0.05) is 48.5 Å². The highest BCUT2D eigenvalue weighted by molar-refractivity contribution is 5.76. The van der Waals surface area contributed by atoms with Crippen LogP contribution in [-0.4, -0.2) is 35.6 Å². The van der Waals surface area contributed by atoms with Gasteiger partial charge in [0, 0.05) is 31.2 Å². The molecule has 146 valence electrons. The number of rotatable bonds is 4. The fraction of sp³-hybridized carbons (Fsp3) is 0.280. The summed E-state index contributed by atoms with van der Waals surface area (Å²) in [6.07, 6.45) is 8.14. The average Bonchev–Trinajstić information content (AvgIpc) is 3.15. The first kappa shape index (κ1) is 18.1. The zero-order valence-corrected chi connectivity index (χ0v) is 16.8. The lowest BCUT2D eigenvalue weighted by molar-refractivity contribution is 0.452. The molecule has 0 unspecified atom stereocenters. The van der Waals surface area contributed by atoms with Crippen molar-refractivity contribution in [2.24, 2.45) is 0 Å². The number of fused-ring (bicyclic) bond motifs is 1. The number of piperazine rings is 1. The van der Waals surface area contributed by atoms with Crippen LogP contribution in [-0.2, 0) is 12.8 Å². The van der Waals surface area contributed by atoms with E-state index in [2.05, 4.69) is 76.7 Å². The van der Waals surface area contributed by atoms with E-state index in [1.54, 1.807) is 0 Å². The summed E-state index contributed by atoms with van der Waals surface area (Å²) in [5, 5.41) is 3.65. The molecule has 1 aliphatic carbocycles. The van der Waals surface area contributed by atoms with Crippen molar-refractivity contribution in [2.75, 3.05) is 24.5 Å². The molecule has 3 aromatic rings. The van der Waals surface area contributed by atoms with Gasteiger partial charge in [0.2, 0.25) is 0 Å². The fourth-order valence-electron chi connectivity index (χ4n) is 4.37. The van der Waals surface area contributed by atoms with Gasteiger partial charge >= 0.3 is 0 Å². The van der Waals surface area contributed by atoms with Crippen molar-refractivity contribution in [1.82, 2.24) is 15.3 Å². The third-order valence-corrected chi connectivity index (χ3v) is 5.98. The van der Waals surface area contributed by atoms with Crippen molar-refractivity contribution in [3.05, 3.63) is 83.7 Å². The Morgan fingerprint density at radius 1 is 1.10 bits per heavy atom. The van der Waals surface area contributed by atoms with Crippen LogP contribution in [0.1, 0.15) is 23.6 Å². The smallest absolute Gasteiger partial charge is 0.147 e. The first-order valence-corrected chi connectivity index (χ1v) is 10.4. The molecule has 2 aromatic carbocycles. The van der Waals surface area contributed by atoms with Gasteiger partial charge in [0.1, 0.15) is 5.82 Å². The number of anilines is 1. The second kappa shape index (κ2) is 7.80. The maximum atomic E-state index is 4.97. The van der Waals surface area contributed by atoms with Crippen molar-refractivity contribution < 1.29 is 0 Å². The van der Waals surface area contributed by atoms with E-state index in [1.807, 2.05) is 12.4 Å². The summed E-state index contributed by atoms with van der Waals surface area (Å²) in [5.74, 6) is 0.967. The molecule has 1 saturated heterocycles. The molecule has 0 spiro atoms. The molecule has 1 N–H and O–H groups in total. The number of aromatic nitrogens is 2. The highest BCUT2D eigenvalue weighted by Crippen LogP contribution is 2.31. The van der Waals surface area contributed by atoms with Gasteiger partial charge in [-0.2, -0.15) is 0 Å². The van der Waals surface area contributed by atoms with Gasteiger partial charge in [-0.15, -0.1) is 0 Å². The van der Waals surface area contributed by atoms with Crippen molar-refractivity contribution in [3.63, 3.8) is 0 Å². The van der Waals surface area contributed by atoms with Crippen LogP contribution < -0.4 is 10.2 Å². The minimum absolute atomic E-state index is 0.421. The van der Waals surface area contributed by atoms with E-state index in [9.17, 15) is 0 Å². The van der Waals surface area contributed by atoms with Crippen molar-refractivity contribution in [1.29, 1.82) is 0 Å². The SMILES string of the molecule is CC1=CCc2ccc(-c3cncc(N4CCN[C@@H](Cc5ccccc5)C4)n3)cc21. The van der Waals surface area contributed by atoms with E-state index in [4.69, 9.17) is 4.98 Å². The quantitative estimate of drug-likeness (QED) is 0.737. The molecule has 1 aromatic heterocycles. The van der Waals surface area contributed by atoms with Crippen LogP contribution in [0.3, 0.4) is 0 Å². The number of benzene rings is 2. The Bertz CT molecular complexity index is 1040. The molecule has 4 nitrogen and oxygen atoms in total. The predicted octanol–water partition coefficient (Wildman–Crippen LogP) is 4.12. The first-order valence-electron chi connectivity index (χ1n) is 10.4. The second-order valence-electron chi connectivity index (χ2n) is 8.01. The minimum atomic E-state index is 0.421. The molecule has 4 heteroatoms. The molecule has 0 radical (unpaired) electrons. The monoisotopic (exact) mass is 382 g/mol. The molecule has 0 amide bonds. The lowest BCUT2D eigenvalue weighted by Crippen LogP contribution is -2.52. The average molecular weight is 383 g/mol. The van der Waals surface area contributed by atoms with E-state index >= 15 is 0 Å². The lowest BCUT2D eigenvalue weighted by Gasteiger charge is -2.34. The summed E-state index contributed by atoms with van der Waals surface area (Å²) in [7, 11) is 0. The standard InChI is InChI=1S/C25H26N4/c1-18-7-8-20-9-10-21(14-23(18)20)24-15-26-16-25(28-24)29-12-11-27-22(17-29)13-19-5-3-2-4-6-19/h2-7,9-10,14-16,22,27H,8,11-13,17H2,1H3/t22-/m0/s1. The number of allylic oxidation sites excluding steroid dienone is 2. The maximum absolute atomic E-state index is 4.97. The summed E-state index contributed by atoms with van der Waals surface area (Å²) in [4.78, 5) is 11.9. The third-order valence-electron chi connectivity index (χ3n) is 5.98. The predicted molar refractivity (Wildman–Crippen MR) is 119 cm³/mol. The molecule has 2 heterocycles. The van der Waals surface area contributed by atoms with E-state index in [1.165, 1.54) is 22.3 Å². The van der Waals surface area contributed by atoms with E-state index < -0.39 is 0 Å². The Labute approximate surface area is 172 Å². The summed E-state index contributed by atoms with van der Waals surface area (Å²) in [5.41, 5.74) is 7.57. The number of hydrogen-bond acceptors (Lipinski definition) is 4. The van der Waals surface area contributed by atoms with Gasteiger partial charge in [-0.25, -0.2) is 4.98 Å². The largest absolute Gasteiger partial charge is 0.352 e. The Kier molecular flexibility index (Phi) is 4.86. The van der Waals surface area contributed by atoms with Gasteiger partial charge in [-0.3, -0.25) is 4.98 Å². The van der Waals surface area contributed by atoms with E-state index in [-0.39, 0.29) is 0 Å². The van der Waals surface area contributed by atoms with Crippen LogP contribution in [0.25, 0.3) is 16.8 Å². The lowest BCUT2D eigenvalue weighted by atomic mass is 10.0. The van der Waals surface area contributed by atoms with Gasteiger partial charge in [0.05, 0.1) is 18.1 Å². The summed E-state index contributed by atoms with van der Waals surface area (Å²) in [6, 6.07) is 17.8. The van der Waals surface area contributed by atoms with Crippen molar-refractivity contribution in [2.45, 2.75) is 25.8 Å². The molecule has 1 fully saturated rings. The summed E-state index contributed by atoms with van der Waals surface area (Å²) >= 11 is 0. The Morgan fingerprint density at radius 3 is 2.90 bits per heavy atom. The molecular weight excluding hydrogens is 356 g/mol. The molecule has 1 atom stereocenters. The highest BCUT2D eigenvalue weighted by Gasteiger charge is 2.21. The second-order valence-corrected chi connectivity index (χ2v) is 8.01. The number of nitrogens with zero attached hydrogens (tertiary/aromatic N) is 3.